The molecule has 2 atom stereocenters. The molecule has 90 valence electrons. The molecule has 1 rings (SSSR count). The summed E-state index contributed by atoms with van der Waals surface area (Å²) in [7, 11) is -1.33. The number of rotatable bonds is 5. The van der Waals surface area contributed by atoms with E-state index in [-0.39, 0.29) is 5.25 Å². The molecule has 0 heterocycles. The third kappa shape index (κ3) is 3.09. The van der Waals surface area contributed by atoms with Crippen LogP contribution in [-0.2, 0) is 10.8 Å². The number of benzene rings is 1. The summed E-state index contributed by atoms with van der Waals surface area (Å²) in [6.07, 6.45) is 1.31. The van der Waals surface area contributed by atoms with Crippen LogP contribution in [-0.4, -0.2) is 16.0 Å². The van der Waals surface area contributed by atoms with E-state index < -0.39 is 22.4 Å². The van der Waals surface area contributed by atoms with Crippen LogP contribution in [0.4, 0.5) is 8.78 Å². The average molecular weight is 247 g/mol. The fraction of sp³-hybridized carbons (Fsp3) is 0.455. The highest BCUT2D eigenvalue weighted by molar-refractivity contribution is 7.85. The molecule has 0 aliphatic carbocycles. The first-order chi connectivity index (χ1) is 7.60. The summed E-state index contributed by atoms with van der Waals surface area (Å²) < 4.78 is 37.7. The Labute approximate surface area is 96.3 Å². The highest BCUT2D eigenvalue weighted by atomic mass is 32.2. The zero-order valence-corrected chi connectivity index (χ0v) is 9.90. The Morgan fingerprint density at radius 1 is 1.38 bits per heavy atom. The van der Waals surface area contributed by atoms with Crippen molar-refractivity contribution in [3.8, 4) is 0 Å². The van der Waals surface area contributed by atoms with Crippen molar-refractivity contribution in [2.75, 3.05) is 6.54 Å². The molecular weight excluding hydrogens is 232 g/mol. The number of hydrogen-bond donors (Lipinski definition) is 1. The van der Waals surface area contributed by atoms with Gasteiger partial charge in [-0.25, -0.2) is 8.78 Å². The van der Waals surface area contributed by atoms with E-state index in [4.69, 9.17) is 5.73 Å². The predicted octanol–water partition coefficient (Wildman–Crippen LogP) is 2.20. The van der Waals surface area contributed by atoms with Gasteiger partial charge in [0.15, 0.2) is 11.6 Å². The molecule has 0 saturated carbocycles. The van der Waals surface area contributed by atoms with E-state index in [0.29, 0.717) is 24.3 Å². The van der Waals surface area contributed by atoms with Gasteiger partial charge < -0.3 is 5.73 Å². The predicted molar refractivity (Wildman–Crippen MR) is 60.5 cm³/mol. The van der Waals surface area contributed by atoms with E-state index in [1.165, 1.54) is 6.07 Å². The van der Waals surface area contributed by atoms with Crippen molar-refractivity contribution in [2.24, 2.45) is 5.73 Å². The van der Waals surface area contributed by atoms with E-state index >= 15 is 0 Å². The summed E-state index contributed by atoms with van der Waals surface area (Å²) in [5.74, 6) is -1.89. The van der Waals surface area contributed by atoms with Crippen molar-refractivity contribution >= 4 is 10.8 Å². The quantitative estimate of drug-likeness (QED) is 0.866. The molecule has 0 radical (unpaired) electrons. The van der Waals surface area contributed by atoms with E-state index in [9.17, 15) is 13.0 Å². The Balaban J connectivity index is 2.90. The van der Waals surface area contributed by atoms with Crippen LogP contribution < -0.4 is 5.73 Å². The third-order valence-electron chi connectivity index (χ3n) is 2.37. The van der Waals surface area contributed by atoms with Crippen LogP contribution in [0.15, 0.2) is 23.1 Å². The fourth-order valence-electron chi connectivity index (χ4n) is 1.44. The molecule has 0 amide bonds. The first-order valence-corrected chi connectivity index (χ1v) is 6.37. The van der Waals surface area contributed by atoms with E-state index in [1.54, 1.807) is 0 Å². The minimum absolute atomic E-state index is 0.102. The van der Waals surface area contributed by atoms with Crippen molar-refractivity contribution in [1.82, 2.24) is 0 Å². The van der Waals surface area contributed by atoms with Crippen molar-refractivity contribution < 1.29 is 13.0 Å². The Bertz CT molecular complexity index is 384. The van der Waals surface area contributed by atoms with Crippen LogP contribution in [0.25, 0.3) is 0 Å². The lowest BCUT2D eigenvalue weighted by Crippen LogP contribution is -2.19. The summed E-state index contributed by atoms with van der Waals surface area (Å²) in [6.45, 7) is 2.34. The summed E-state index contributed by atoms with van der Waals surface area (Å²) in [5, 5.41) is -0.102. The fourth-order valence-corrected chi connectivity index (χ4v) is 2.90. The van der Waals surface area contributed by atoms with Crippen LogP contribution in [0.2, 0.25) is 0 Å². The third-order valence-corrected chi connectivity index (χ3v) is 4.26. The summed E-state index contributed by atoms with van der Waals surface area (Å²) in [4.78, 5) is 0.319. The van der Waals surface area contributed by atoms with Crippen LogP contribution in [0.1, 0.15) is 19.8 Å². The molecule has 0 spiro atoms. The molecule has 0 bridgehead atoms. The lowest BCUT2D eigenvalue weighted by atomic mass is 10.2. The molecule has 0 aromatic heterocycles. The Kier molecular flexibility index (Phi) is 5.02. The molecule has 1 aromatic carbocycles. The maximum absolute atomic E-state index is 13.0. The topological polar surface area (TPSA) is 43.1 Å². The zero-order chi connectivity index (χ0) is 12.1. The van der Waals surface area contributed by atoms with Crippen LogP contribution in [0.3, 0.4) is 0 Å². The summed E-state index contributed by atoms with van der Waals surface area (Å²) >= 11 is 0. The smallest absolute Gasteiger partial charge is 0.160 e. The van der Waals surface area contributed by atoms with E-state index in [1.807, 2.05) is 6.92 Å². The van der Waals surface area contributed by atoms with Crippen molar-refractivity contribution in [3.05, 3.63) is 29.8 Å². The number of hydrogen-bond acceptors (Lipinski definition) is 2. The number of nitrogens with two attached hydrogens (primary N) is 1. The van der Waals surface area contributed by atoms with Crippen molar-refractivity contribution in [2.45, 2.75) is 29.9 Å². The molecular formula is C11H15F2NOS. The monoisotopic (exact) mass is 247 g/mol. The van der Waals surface area contributed by atoms with Gasteiger partial charge in [0.25, 0.3) is 0 Å². The minimum atomic E-state index is -1.33. The van der Waals surface area contributed by atoms with Gasteiger partial charge >= 0.3 is 0 Å². The first-order valence-electron chi connectivity index (χ1n) is 5.15. The molecule has 2 nitrogen and oxygen atoms in total. The largest absolute Gasteiger partial charge is 0.330 e. The van der Waals surface area contributed by atoms with Gasteiger partial charge in [-0.3, -0.25) is 4.21 Å². The van der Waals surface area contributed by atoms with Crippen LogP contribution >= 0.6 is 0 Å². The van der Waals surface area contributed by atoms with E-state index in [2.05, 4.69) is 0 Å². The molecule has 0 aliphatic heterocycles. The molecule has 0 fully saturated rings. The Hall–Kier alpha value is -0.810. The lowest BCUT2D eigenvalue weighted by molar-refractivity contribution is 0.505. The van der Waals surface area contributed by atoms with Gasteiger partial charge in [0.1, 0.15) is 0 Å². The van der Waals surface area contributed by atoms with Crippen LogP contribution in [0.5, 0.6) is 0 Å². The molecule has 0 aliphatic rings. The van der Waals surface area contributed by atoms with Crippen molar-refractivity contribution in [1.29, 1.82) is 0 Å². The second-order valence-electron chi connectivity index (χ2n) is 3.48. The summed E-state index contributed by atoms with van der Waals surface area (Å²) in [6, 6.07) is 3.34. The van der Waals surface area contributed by atoms with Gasteiger partial charge in [0.2, 0.25) is 0 Å². The van der Waals surface area contributed by atoms with Gasteiger partial charge in [-0.05, 0) is 37.6 Å². The second-order valence-corrected chi connectivity index (χ2v) is 5.21. The molecule has 1 aromatic rings. The maximum atomic E-state index is 13.0. The molecule has 5 heteroatoms. The average Bonchev–Trinajstić information content (AvgIpc) is 2.28. The standard InChI is InChI=1S/C11H15F2NOS/c1-2-8(5-6-14)16(15)9-3-4-10(12)11(13)7-9/h3-4,7-8H,2,5-6,14H2,1H3. The summed E-state index contributed by atoms with van der Waals surface area (Å²) in [5.41, 5.74) is 5.41. The second kappa shape index (κ2) is 6.06. The Morgan fingerprint density at radius 3 is 2.56 bits per heavy atom. The number of halogens is 2. The van der Waals surface area contributed by atoms with Gasteiger partial charge in [-0.15, -0.1) is 0 Å². The Morgan fingerprint density at radius 2 is 2.06 bits per heavy atom. The van der Waals surface area contributed by atoms with Gasteiger partial charge in [0.05, 0.1) is 10.8 Å². The van der Waals surface area contributed by atoms with Crippen LogP contribution in [0, 0.1) is 11.6 Å². The molecule has 16 heavy (non-hydrogen) atoms. The maximum Gasteiger partial charge on any atom is 0.160 e. The van der Waals surface area contributed by atoms with Gasteiger partial charge in [-0.2, -0.15) is 0 Å². The highest BCUT2D eigenvalue weighted by Gasteiger charge is 2.17. The lowest BCUT2D eigenvalue weighted by Gasteiger charge is -2.13. The van der Waals surface area contributed by atoms with E-state index in [0.717, 1.165) is 12.1 Å². The minimum Gasteiger partial charge on any atom is -0.330 e. The van der Waals surface area contributed by atoms with Gasteiger partial charge in [-0.1, -0.05) is 6.92 Å². The molecule has 0 saturated heterocycles. The van der Waals surface area contributed by atoms with Gasteiger partial charge in [0, 0.05) is 10.1 Å². The normalized spacial score (nSPS) is 14.8. The first kappa shape index (κ1) is 13.3. The molecule has 2 unspecified atom stereocenters. The SMILES string of the molecule is CCC(CCN)S(=O)c1ccc(F)c(F)c1. The highest BCUT2D eigenvalue weighted by Crippen LogP contribution is 2.18. The van der Waals surface area contributed by atoms with Crippen molar-refractivity contribution in [3.63, 3.8) is 0 Å². The zero-order valence-electron chi connectivity index (χ0n) is 9.08. The molecule has 2 N–H and O–H groups in total.